The number of aromatic carboxylic acids is 1. The van der Waals surface area contributed by atoms with E-state index < -0.39 is 5.97 Å². The molecule has 15 heavy (non-hydrogen) atoms. The van der Waals surface area contributed by atoms with Gasteiger partial charge in [0.25, 0.3) is 0 Å². The molecule has 0 radical (unpaired) electrons. The van der Waals surface area contributed by atoms with Crippen molar-refractivity contribution >= 4 is 5.97 Å². The molecule has 0 aromatic heterocycles. The van der Waals surface area contributed by atoms with Crippen molar-refractivity contribution in [3.63, 3.8) is 0 Å². The lowest BCUT2D eigenvalue weighted by atomic mass is 10.1. The molecule has 0 spiro atoms. The number of nitrogens with one attached hydrogen (secondary N) is 1. The number of carboxylic acid groups (broad SMARTS) is 1. The minimum Gasteiger partial charge on any atom is -0.478 e. The summed E-state index contributed by atoms with van der Waals surface area (Å²) in [4.78, 5) is 10.6. The minimum absolute atomic E-state index is 0.0431. The summed E-state index contributed by atoms with van der Waals surface area (Å²) < 4.78 is 5.55. The predicted molar refractivity (Wildman–Crippen MR) is 55.0 cm³/mol. The van der Waals surface area contributed by atoms with Gasteiger partial charge in [-0.2, -0.15) is 0 Å². The molecule has 4 nitrogen and oxygen atoms in total. The molecule has 1 aromatic carbocycles. The molecule has 0 aliphatic carbocycles. The molecule has 80 valence electrons. The van der Waals surface area contributed by atoms with E-state index in [1.54, 1.807) is 24.3 Å². The minimum atomic E-state index is -0.899. The van der Waals surface area contributed by atoms with Crippen molar-refractivity contribution in [3.05, 3.63) is 35.4 Å². The fraction of sp³-hybridized carbons (Fsp3) is 0.364. The van der Waals surface area contributed by atoms with Crippen LogP contribution in [0.2, 0.25) is 0 Å². The van der Waals surface area contributed by atoms with Gasteiger partial charge in [0, 0.05) is 13.1 Å². The maximum absolute atomic E-state index is 10.6. The summed E-state index contributed by atoms with van der Waals surface area (Å²) in [5.74, 6) is -0.899. The van der Waals surface area contributed by atoms with Gasteiger partial charge in [0.05, 0.1) is 18.3 Å². The zero-order valence-electron chi connectivity index (χ0n) is 8.27. The molecule has 1 fully saturated rings. The Kier molecular flexibility index (Phi) is 2.99. The van der Waals surface area contributed by atoms with Crippen LogP contribution in [0.1, 0.15) is 22.0 Å². The van der Waals surface area contributed by atoms with Crippen LogP contribution in [0.25, 0.3) is 0 Å². The maximum Gasteiger partial charge on any atom is 0.335 e. The standard InChI is InChI=1S/C11H13NO3/c13-11(14)9-3-1-8(2-4-9)10-7-12-5-6-15-10/h1-4,10,12H,5-7H2,(H,13,14)/t10-/m0/s1. The van der Waals surface area contributed by atoms with Crippen LogP contribution >= 0.6 is 0 Å². The zero-order chi connectivity index (χ0) is 10.7. The molecule has 0 bridgehead atoms. The smallest absolute Gasteiger partial charge is 0.335 e. The molecule has 1 aliphatic rings. The van der Waals surface area contributed by atoms with Crippen molar-refractivity contribution in [2.45, 2.75) is 6.10 Å². The van der Waals surface area contributed by atoms with Crippen LogP contribution in [0.3, 0.4) is 0 Å². The van der Waals surface area contributed by atoms with Gasteiger partial charge in [0.15, 0.2) is 0 Å². The van der Waals surface area contributed by atoms with Gasteiger partial charge >= 0.3 is 5.97 Å². The third-order valence-electron chi connectivity index (χ3n) is 2.46. The van der Waals surface area contributed by atoms with Crippen molar-refractivity contribution in [2.75, 3.05) is 19.7 Å². The Balaban J connectivity index is 2.11. The van der Waals surface area contributed by atoms with Crippen LogP contribution < -0.4 is 5.32 Å². The summed E-state index contributed by atoms with van der Waals surface area (Å²) in [7, 11) is 0. The highest BCUT2D eigenvalue weighted by Gasteiger charge is 2.15. The lowest BCUT2D eigenvalue weighted by molar-refractivity contribution is 0.0276. The van der Waals surface area contributed by atoms with Gasteiger partial charge in [-0.3, -0.25) is 0 Å². The Hall–Kier alpha value is -1.39. The molecule has 1 aliphatic heterocycles. The Morgan fingerprint density at radius 3 is 2.67 bits per heavy atom. The number of carboxylic acids is 1. The number of carbonyl (C=O) groups is 1. The summed E-state index contributed by atoms with van der Waals surface area (Å²) in [5, 5.41) is 12.0. The summed E-state index contributed by atoms with van der Waals surface area (Å²) in [6, 6.07) is 6.83. The molecular weight excluding hydrogens is 194 g/mol. The van der Waals surface area contributed by atoms with Crippen LogP contribution in [0.4, 0.5) is 0 Å². The van der Waals surface area contributed by atoms with Crippen molar-refractivity contribution in [3.8, 4) is 0 Å². The third kappa shape index (κ3) is 2.34. The van der Waals surface area contributed by atoms with Gasteiger partial charge in [0.1, 0.15) is 0 Å². The lowest BCUT2D eigenvalue weighted by Crippen LogP contribution is -2.33. The lowest BCUT2D eigenvalue weighted by Gasteiger charge is -2.23. The van der Waals surface area contributed by atoms with Gasteiger partial charge in [-0.15, -0.1) is 0 Å². The Morgan fingerprint density at radius 2 is 2.13 bits per heavy atom. The van der Waals surface area contributed by atoms with E-state index in [2.05, 4.69) is 5.32 Å². The molecule has 1 heterocycles. The topological polar surface area (TPSA) is 58.6 Å². The van der Waals surface area contributed by atoms with Crippen LogP contribution in [0.5, 0.6) is 0 Å². The molecule has 0 unspecified atom stereocenters. The summed E-state index contributed by atoms with van der Waals surface area (Å²) >= 11 is 0. The van der Waals surface area contributed by atoms with Crippen molar-refractivity contribution in [2.24, 2.45) is 0 Å². The normalized spacial score (nSPS) is 21.2. The van der Waals surface area contributed by atoms with E-state index in [9.17, 15) is 4.79 Å². The molecular formula is C11H13NO3. The average molecular weight is 207 g/mol. The van der Waals surface area contributed by atoms with E-state index >= 15 is 0 Å². The molecule has 0 saturated carbocycles. The Labute approximate surface area is 87.9 Å². The third-order valence-corrected chi connectivity index (χ3v) is 2.46. The monoisotopic (exact) mass is 207 g/mol. The van der Waals surface area contributed by atoms with E-state index in [0.717, 1.165) is 18.7 Å². The van der Waals surface area contributed by atoms with Crippen LogP contribution in [0, 0.1) is 0 Å². The zero-order valence-corrected chi connectivity index (χ0v) is 8.27. The largest absolute Gasteiger partial charge is 0.478 e. The van der Waals surface area contributed by atoms with E-state index in [4.69, 9.17) is 9.84 Å². The fourth-order valence-electron chi connectivity index (χ4n) is 1.62. The van der Waals surface area contributed by atoms with Gasteiger partial charge in [-0.05, 0) is 17.7 Å². The van der Waals surface area contributed by atoms with Crippen LogP contribution in [-0.2, 0) is 4.74 Å². The highest BCUT2D eigenvalue weighted by atomic mass is 16.5. The highest BCUT2D eigenvalue weighted by molar-refractivity contribution is 5.87. The van der Waals surface area contributed by atoms with Crippen LogP contribution in [-0.4, -0.2) is 30.8 Å². The van der Waals surface area contributed by atoms with Gasteiger partial charge in [-0.25, -0.2) is 4.79 Å². The van der Waals surface area contributed by atoms with E-state index in [1.807, 2.05) is 0 Å². The number of ether oxygens (including phenoxy) is 1. The fourth-order valence-corrected chi connectivity index (χ4v) is 1.62. The first-order valence-electron chi connectivity index (χ1n) is 4.93. The Morgan fingerprint density at radius 1 is 1.40 bits per heavy atom. The molecule has 1 saturated heterocycles. The molecule has 2 rings (SSSR count). The van der Waals surface area contributed by atoms with Gasteiger partial charge in [0.2, 0.25) is 0 Å². The molecule has 1 aromatic rings. The van der Waals surface area contributed by atoms with E-state index in [-0.39, 0.29) is 6.10 Å². The quantitative estimate of drug-likeness (QED) is 0.761. The number of hydrogen-bond donors (Lipinski definition) is 2. The van der Waals surface area contributed by atoms with Crippen molar-refractivity contribution < 1.29 is 14.6 Å². The summed E-state index contributed by atoms with van der Waals surface area (Å²) in [6.07, 6.45) is 0.0431. The average Bonchev–Trinajstić information content (AvgIpc) is 2.30. The summed E-state index contributed by atoms with van der Waals surface area (Å²) in [5.41, 5.74) is 1.33. The first-order chi connectivity index (χ1) is 7.27. The Bertz CT molecular complexity index is 341. The first-order valence-corrected chi connectivity index (χ1v) is 4.93. The predicted octanol–water partition coefficient (Wildman–Crippen LogP) is 1.05. The first kappa shape index (κ1) is 10.1. The van der Waals surface area contributed by atoms with E-state index in [0.29, 0.717) is 12.2 Å². The molecule has 0 amide bonds. The van der Waals surface area contributed by atoms with E-state index in [1.165, 1.54) is 0 Å². The maximum atomic E-state index is 10.6. The van der Waals surface area contributed by atoms with Crippen molar-refractivity contribution in [1.82, 2.24) is 5.32 Å². The second-order valence-corrected chi connectivity index (χ2v) is 3.49. The number of hydrogen-bond acceptors (Lipinski definition) is 3. The van der Waals surface area contributed by atoms with Crippen LogP contribution in [0.15, 0.2) is 24.3 Å². The number of benzene rings is 1. The molecule has 4 heteroatoms. The molecule has 1 atom stereocenters. The summed E-state index contributed by atoms with van der Waals surface area (Å²) in [6.45, 7) is 2.36. The number of morpholine rings is 1. The SMILES string of the molecule is O=C(O)c1ccc([C@@H]2CNCCO2)cc1. The molecule has 2 N–H and O–H groups in total. The van der Waals surface area contributed by atoms with Crippen molar-refractivity contribution in [1.29, 1.82) is 0 Å². The second kappa shape index (κ2) is 4.42. The number of rotatable bonds is 2. The van der Waals surface area contributed by atoms with Gasteiger partial charge < -0.3 is 15.2 Å². The second-order valence-electron chi connectivity index (χ2n) is 3.49. The highest BCUT2D eigenvalue weighted by Crippen LogP contribution is 2.18. The van der Waals surface area contributed by atoms with Gasteiger partial charge in [-0.1, -0.05) is 12.1 Å².